The summed E-state index contributed by atoms with van der Waals surface area (Å²) in [5.74, 6) is -0.400. The summed E-state index contributed by atoms with van der Waals surface area (Å²) in [6.45, 7) is 0.353. The number of aromatic nitrogens is 2. The molecule has 0 aliphatic rings. The van der Waals surface area contributed by atoms with Crippen molar-refractivity contribution >= 4 is 52.2 Å². The van der Waals surface area contributed by atoms with Crippen LogP contribution in [0, 0.1) is 4.64 Å². The number of hydrogen-bond acceptors (Lipinski definition) is 2. The van der Waals surface area contributed by atoms with Gasteiger partial charge in [-0.05, 0) is 41.5 Å². The van der Waals surface area contributed by atoms with E-state index in [2.05, 4.69) is 15.3 Å². The second-order valence-corrected chi connectivity index (χ2v) is 7.88. The topological polar surface area (TPSA) is 60.7 Å². The minimum Gasteiger partial charge on any atom is -0.361 e. The van der Waals surface area contributed by atoms with Crippen LogP contribution in [0.3, 0.4) is 0 Å². The van der Waals surface area contributed by atoms with E-state index >= 15 is 0 Å². The first-order valence-electron chi connectivity index (χ1n) is 9.01. The summed E-state index contributed by atoms with van der Waals surface area (Å²) < 4.78 is 0.401. The molecule has 2 heterocycles. The summed E-state index contributed by atoms with van der Waals surface area (Å²) in [5, 5.41) is 5.20. The Balaban J connectivity index is 1.72. The average Bonchev–Trinajstić information content (AvgIpc) is 3.14. The third kappa shape index (κ3) is 4.08. The molecule has 0 fully saturated rings. The number of hydrogen-bond donors (Lipinski definition) is 3. The van der Waals surface area contributed by atoms with Crippen molar-refractivity contribution in [3.05, 3.63) is 98.4 Å². The molecule has 0 aliphatic heterocycles. The number of aromatic amines is 2. The van der Waals surface area contributed by atoms with Crippen LogP contribution in [-0.2, 0) is 0 Å². The number of halogens is 2. The molecule has 4 aromatic rings. The first-order chi connectivity index (χ1) is 14.0. The molecule has 4 nitrogen and oxygen atoms in total. The highest BCUT2D eigenvalue weighted by Crippen LogP contribution is 2.35. The van der Waals surface area contributed by atoms with Crippen molar-refractivity contribution in [2.45, 2.75) is 5.92 Å². The maximum absolute atomic E-state index is 12.7. The van der Waals surface area contributed by atoms with Crippen molar-refractivity contribution in [2.24, 2.45) is 0 Å². The molecule has 0 bridgehead atoms. The predicted molar refractivity (Wildman–Crippen MR) is 121 cm³/mol. The fourth-order valence-corrected chi connectivity index (χ4v) is 4.21. The zero-order chi connectivity index (χ0) is 20.4. The van der Waals surface area contributed by atoms with Gasteiger partial charge in [-0.15, -0.1) is 0 Å². The van der Waals surface area contributed by atoms with E-state index in [-0.39, 0.29) is 11.8 Å². The number of benzene rings is 2. The zero-order valence-electron chi connectivity index (χ0n) is 15.2. The van der Waals surface area contributed by atoms with Crippen LogP contribution in [0.2, 0.25) is 10.0 Å². The Kier molecular flexibility index (Phi) is 5.72. The molecule has 0 saturated heterocycles. The van der Waals surface area contributed by atoms with E-state index in [1.807, 2.05) is 36.5 Å². The van der Waals surface area contributed by atoms with Crippen LogP contribution in [0.1, 0.15) is 27.4 Å². The van der Waals surface area contributed by atoms with E-state index < -0.39 is 0 Å². The number of pyridine rings is 1. The molecule has 1 atom stereocenters. The van der Waals surface area contributed by atoms with Crippen LogP contribution in [0.25, 0.3) is 10.9 Å². The minimum absolute atomic E-state index is 0.166. The largest absolute Gasteiger partial charge is 0.361 e. The van der Waals surface area contributed by atoms with E-state index in [0.29, 0.717) is 26.8 Å². The number of para-hydroxylation sites is 1. The lowest BCUT2D eigenvalue weighted by Gasteiger charge is -2.20. The normalized spacial score (nSPS) is 12.1. The van der Waals surface area contributed by atoms with Gasteiger partial charge in [0.2, 0.25) is 0 Å². The van der Waals surface area contributed by atoms with Crippen molar-refractivity contribution < 1.29 is 4.79 Å². The van der Waals surface area contributed by atoms with Crippen LogP contribution in [-0.4, -0.2) is 22.4 Å². The van der Waals surface area contributed by atoms with Crippen molar-refractivity contribution in [1.82, 2.24) is 15.3 Å². The van der Waals surface area contributed by atoms with Crippen molar-refractivity contribution in [2.75, 3.05) is 6.54 Å². The number of fused-ring (bicyclic) bond motifs is 1. The molecule has 0 saturated carbocycles. The van der Waals surface area contributed by atoms with Gasteiger partial charge in [0.05, 0.1) is 5.56 Å². The highest BCUT2D eigenvalue weighted by Gasteiger charge is 2.22. The SMILES string of the molecule is O=C(NCC(c1ccc(Cl)cc1Cl)c1c[nH]c2ccccc12)c1ccc[nH]c1=S. The first kappa shape index (κ1) is 19.7. The van der Waals surface area contributed by atoms with Gasteiger partial charge in [0.1, 0.15) is 4.64 Å². The molecular formula is C22H17Cl2N3OS. The fourth-order valence-electron chi connectivity index (χ4n) is 3.44. The molecule has 29 heavy (non-hydrogen) atoms. The summed E-state index contributed by atoms with van der Waals surface area (Å²) in [4.78, 5) is 18.9. The Hall–Kier alpha value is -2.60. The summed E-state index contributed by atoms with van der Waals surface area (Å²) >= 11 is 17.8. The summed E-state index contributed by atoms with van der Waals surface area (Å²) in [6, 6.07) is 16.9. The van der Waals surface area contributed by atoms with Crippen molar-refractivity contribution in [3.8, 4) is 0 Å². The predicted octanol–water partition coefficient (Wildman–Crippen LogP) is 6.09. The molecule has 1 unspecified atom stereocenters. The molecule has 4 rings (SSSR count). The average molecular weight is 442 g/mol. The van der Waals surface area contributed by atoms with Gasteiger partial charge in [0.25, 0.3) is 5.91 Å². The Morgan fingerprint density at radius 1 is 1.03 bits per heavy atom. The van der Waals surface area contributed by atoms with E-state index in [4.69, 9.17) is 35.4 Å². The van der Waals surface area contributed by atoms with Gasteiger partial charge in [-0.1, -0.05) is 59.7 Å². The summed E-state index contributed by atoms with van der Waals surface area (Å²) in [6.07, 6.45) is 3.66. The van der Waals surface area contributed by atoms with Crippen LogP contribution in [0.4, 0.5) is 0 Å². The van der Waals surface area contributed by atoms with Crippen molar-refractivity contribution in [3.63, 3.8) is 0 Å². The lowest BCUT2D eigenvalue weighted by Crippen LogP contribution is -2.29. The zero-order valence-corrected chi connectivity index (χ0v) is 17.5. The number of amides is 1. The second kappa shape index (κ2) is 8.41. The Labute approximate surface area is 182 Å². The molecule has 2 aromatic carbocycles. The van der Waals surface area contributed by atoms with E-state index in [0.717, 1.165) is 22.0 Å². The lowest BCUT2D eigenvalue weighted by molar-refractivity contribution is 0.0951. The van der Waals surface area contributed by atoms with E-state index in [1.165, 1.54) is 0 Å². The molecule has 0 spiro atoms. The monoisotopic (exact) mass is 441 g/mol. The minimum atomic E-state index is -0.234. The number of H-pyrrole nitrogens is 2. The highest BCUT2D eigenvalue weighted by molar-refractivity contribution is 7.71. The Bertz CT molecular complexity index is 1250. The van der Waals surface area contributed by atoms with Gasteiger partial charge < -0.3 is 15.3 Å². The Morgan fingerprint density at radius 2 is 1.86 bits per heavy atom. The van der Waals surface area contributed by atoms with Crippen LogP contribution in [0.5, 0.6) is 0 Å². The number of carbonyl (C=O) groups is 1. The molecule has 2 aromatic heterocycles. The van der Waals surface area contributed by atoms with Gasteiger partial charge in [-0.3, -0.25) is 4.79 Å². The van der Waals surface area contributed by atoms with Gasteiger partial charge in [0.15, 0.2) is 0 Å². The van der Waals surface area contributed by atoms with E-state index in [9.17, 15) is 4.79 Å². The molecular weight excluding hydrogens is 425 g/mol. The van der Waals surface area contributed by atoms with Gasteiger partial charge >= 0.3 is 0 Å². The van der Waals surface area contributed by atoms with Crippen LogP contribution >= 0.6 is 35.4 Å². The number of rotatable bonds is 5. The van der Waals surface area contributed by atoms with Gasteiger partial charge in [0, 0.05) is 45.8 Å². The summed E-state index contributed by atoms with van der Waals surface area (Å²) in [5.41, 5.74) is 3.39. The second-order valence-electron chi connectivity index (χ2n) is 6.63. The van der Waals surface area contributed by atoms with E-state index in [1.54, 1.807) is 30.5 Å². The smallest absolute Gasteiger partial charge is 0.254 e. The van der Waals surface area contributed by atoms with Crippen LogP contribution in [0.15, 0.2) is 67.0 Å². The standard InChI is InChI=1S/C22H17Cl2N3OS/c23-13-7-8-14(19(24)10-13)17(18-11-26-20-6-2-1-4-15(18)20)12-27-21(28)16-5-3-9-25-22(16)29/h1-11,17,26H,12H2,(H,25,29)(H,27,28). The van der Waals surface area contributed by atoms with Gasteiger partial charge in [-0.2, -0.15) is 0 Å². The molecule has 146 valence electrons. The Morgan fingerprint density at radius 3 is 2.66 bits per heavy atom. The third-order valence-electron chi connectivity index (χ3n) is 4.86. The van der Waals surface area contributed by atoms with Crippen LogP contribution < -0.4 is 5.32 Å². The molecule has 0 radical (unpaired) electrons. The number of carbonyl (C=O) groups excluding carboxylic acids is 1. The molecule has 7 heteroatoms. The lowest BCUT2D eigenvalue weighted by atomic mass is 9.90. The summed E-state index contributed by atoms with van der Waals surface area (Å²) in [7, 11) is 0. The quantitative estimate of drug-likeness (QED) is 0.328. The maximum Gasteiger partial charge on any atom is 0.254 e. The molecule has 3 N–H and O–H groups in total. The third-order valence-corrected chi connectivity index (χ3v) is 5.76. The fraction of sp³-hybridized carbons (Fsp3) is 0.0909. The maximum atomic E-state index is 12.7. The number of nitrogens with one attached hydrogen (secondary N) is 3. The molecule has 1 amide bonds. The van der Waals surface area contributed by atoms with Gasteiger partial charge in [-0.25, -0.2) is 0 Å². The van der Waals surface area contributed by atoms with Crippen molar-refractivity contribution in [1.29, 1.82) is 0 Å². The first-order valence-corrected chi connectivity index (χ1v) is 10.2. The molecule has 0 aliphatic carbocycles. The highest BCUT2D eigenvalue weighted by atomic mass is 35.5.